The second kappa shape index (κ2) is 13.5. The van der Waals surface area contributed by atoms with Crippen LogP contribution in [0.5, 0.6) is 0 Å². The molecule has 2 aromatic rings. The number of benzene rings is 2. The molecule has 0 aromatic heterocycles. The Bertz CT molecular complexity index is 790. The van der Waals surface area contributed by atoms with Crippen molar-refractivity contribution in [3.8, 4) is 0 Å². The van der Waals surface area contributed by atoms with Crippen LogP contribution >= 0.6 is 0 Å². The van der Waals surface area contributed by atoms with Crippen LogP contribution in [0.15, 0.2) is 42.5 Å². The molecule has 3 rings (SSSR count). The van der Waals surface area contributed by atoms with Crippen LogP contribution in [0.2, 0.25) is 0 Å². The predicted octanol–water partition coefficient (Wildman–Crippen LogP) is 6.34. The molecule has 1 amide bonds. The average Bonchev–Trinajstić information content (AvgIpc) is 3.20. The van der Waals surface area contributed by atoms with Crippen LogP contribution in [-0.2, 0) is 37.5 Å². The van der Waals surface area contributed by atoms with Gasteiger partial charge in [-0.2, -0.15) is 0 Å². The van der Waals surface area contributed by atoms with Crippen molar-refractivity contribution in [3.05, 3.63) is 64.7 Å². The third kappa shape index (κ3) is 7.80. The summed E-state index contributed by atoms with van der Waals surface area (Å²) in [5.41, 5.74) is 5.91. The zero-order valence-electron chi connectivity index (χ0n) is 20.5. The van der Waals surface area contributed by atoms with Crippen LogP contribution < -0.4 is 5.32 Å². The largest absolute Gasteiger partial charge is 0.320 e. The molecule has 1 aliphatic heterocycles. The number of carbonyl (C=O) groups excluding carboxylic acids is 1. The standard InChI is InChI=1S/C20H32N2O.C7H8.Y/c1-6-10-18(22(7-2)11-8-9-12-22)20(23)21-19-16(4)13-15(3)14-17(19)5;1-7-5-3-2-4-6-7;/h13-14,18H,6-12H2,1-5H3;2-6H,1H3;/p+1. The van der Waals surface area contributed by atoms with Crippen molar-refractivity contribution < 1.29 is 42.0 Å². The monoisotopic (exact) mass is 498 g/mol. The van der Waals surface area contributed by atoms with Crippen molar-refractivity contribution >= 4 is 11.6 Å². The van der Waals surface area contributed by atoms with Crippen molar-refractivity contribution in [2.45, 2.75) is 73.3 Å². The third-order valence-corrected chi connectivity index (χ3v) is 6.48. The first kappa shape index (κ1) is 28.0. The number of rotatable bonds is 6. The number of hydrogen-bond acceptors (Lipinski definition) is 1. The smallest absolute Gasteiger partial charge is 0.282 e. The van der Waals surface area contributed by atoms with Gasteiger partial charge in [-0.15, -0.1) is 0 Å². The van der Waals surface area contributed by atoms with Gasteiger partial charge in [-0.3, -0.25) is 4.79 Å². The minimum absolute atomic E-state index is 0. The number of likely N-dealkylation sites (tertiary alicyclic amines) is 1. The molecule has 31 heavy (non-hydrogen) atoms. The van der Waals surface area contributed by atoms with Crippen LogP contribution in [0, 0.1) is 27.7 Å². The van der Waals surface area contributed by atoms with Gasteiger partial charge in [0.1, 0.15) is 0 Å². The summed E-state index contributed by atoms with van der Waals surface area (Å²) in [6.45, 7) is 16.2. The Labute approximate surface area is 215 Å². The first-order chi connectivity index (χ1) is 14.3. The molecule has 1 heterocycles. The number of hydrogen-bond donors (Lipinski definition) is 1. The Balaban J connectivity index is 0.000000510. The van der Waals surface area contributed by atoms with Crippen LogP contribution in [0.3, 0.4) is 0 Å². The minimum Gasteiger partial charge on any atom is -0.320 e. The van der Waals surface area contributed by atoms with E-state index in [1.807, 2.05) is 18.2 Å². The summed E-state index contributed by atoms with van der Waals surface area (Å²) in [7, 11) is 0. The zero-order valence-corrected chi connectivity index (χ0v) is 23.3. The number of aryl methyl sites for hydroxylation is 4. The molecule has 0 saturated carbocycles. The fraction of sp³-hybridized carbons (Fsp3) is 0.519. The van der Waals surface area contributed by atoms with Gasteiger partial charge in [-0.1, -0.05) is 60.5 Å². The third-order valence-electron chi connectivity index (χ3n) is 6.48. The van der Waals surface area contributed by atoms with Crippen molar-refractivity contribution in [2.24, 2.45) is 0 Å². The Morgan fingerprint density at radius 3 is 1.90 bits per heavy atom. The van der Waals surface area contributed by atoms with E-state index in [2.05, 4.69) is 71.1 Å². The van der Waals surface area contributed by atoms with Crippen molar-refractivity contribution in [2.75, 3.05) is 25.0 Å². The molecule has 4 heteroatoms. The summed E-state index contributed by atoms with van der Waals surface area (Å²) in [6, 6.07) is 14.7. The van der Waals surface area contributed by atoms with Gasteiger partial charge in [0.15, 0.2) is 6.04 Å². The van der Waals surface area contributed by atoms with E-state index in [9.17, 15) is 4.79 Å². The molecule has 3 nitrogen and oxygen atoms in total. The SMILES string of the molecule is CCCC(C(=O)Nc1c(C)cc(C)cc1C)[N+]1(CC)CCCC1.Cc1ccccc1.[Y]. The fourth-order valence-electron chi connectivity index (χ4n) is 4.86. The second-order valence-corrected chi connectivity index (χ2v) is 8.91. The van der Waals surface area contributed by atoms with Gasteiger partial charge >= 0.3 is 0 Å². The second-order valence-electron chi connectivity index (χ2n) is 8.91. The van der Waals surface area contributed by atoms with Gasteiger partial charge in [0.05, 0.1) is 19.6 Å². The van der Waals surface area contributed by atoms with Gasteiger partial charge in [0, 0.05) is 57.7 Å². The maximum absolute atomic E-state index is 13.1. The molecule has 0 spiro atoms. The molecule has 1 fully saturated rings. The van der Waals surface area contributed by atoms with Gasteiger partial charge in [0.25, 0.3) is 5.91 Å². The number of nitrogens with zero attached hydrogens (tertiary/aromatic N) is 1. The van der Waals surface area contributed by atoms with Crippen LogP contribution in [0.25, 0.3) is 0 Å². The summed E-state index contributed by atoms with van der Waals surface area (Å²) in [6.07, 6.45) is 4.54. The number of anilines is 1. The number of amides is 1. The molecular formula is C27H41N2OY+. The van der Waals surface area contributed by atoms with E-state index in [1.165, 1.54) is 24.0 Å². The molecule has 2 aromatic carbocycles. The van der Waals surface area contributed by atoms with E-state index in [0.717, 1.165) is 53.8 Å². The molecule has 1 saturated heterocycles. The number of carbonyl (C=O) groups is 1. The zero-order chi connectivity index (χ0) is 22.1. The molecule has 1 unspecified atom stereocenters. The molecule has 1 atom stereocenters. The van der Waals surface area contributed by atoms with Gasteiger partial charge < -0.3 is 9.80 Å². The molecular weight excluding hydrogens is 457 g/mol. The topological polar surface area (TPSA) is 29.1 Å². The Morgan fingerprint density at radius 2 is 1.48 bits per heavy atom. The van der Waals surface area contributed by atoms with E-state index in [-0.39, 0.29) is 44.7 Å². The van der Waals surface area contributed by atoms with Crippen LogP contribution in [0.4, 0.5) is 5.69 Å². The molecule has 1 aliphatic rings. The number of likely N-dealkylation sites (N-methyl/N-ethyl adjacent to an activating group) is 1. The number of quaternary nitrogens is 1. The average molecular weight is 499 g/mol. The Hall–Kier alpha value is -1.03. The summed E-state index contributed by atoms with van der Waals surface area (Å²) < 4.78 is 0.976. The maximum Gasteiger partial charge on any atom is 0.282 e. The molecule has 1 radical (unpaired) electrons. The molecule has 0 aliphatic carbocycles. The van der Waals surface area contributed by atoms with E-state index in [1.54, 1.807) is 0 Å². The van der Waals surface area contributed by atoms with Crippen molar-refractivity contribution in [3.63, 3.8) is 0 Å². The summed E-state index contributed by atoms with van der Waals surface area (Å²) in [5, 5.41) is 3.27. The molecule has 0 bridgehead atoms. The predicted molar refractivity (Wildman–Crippen MR) is 129 cm³/mol. The first-order valence-corrected chi connectivity index (χ1v) is 11.6. The minimum atomic E-state index is 0. The van der Waals surface area contributed by atoms with Gasteiger partial charge in [-0.25, -0.2) is 0 Å². The van der Waals surface area contributed by atoms with Crippen molar-refractivity contribution in [1.82, 2.24) is 0 Å². The Kier molecular flexibility index (Phi) is 12.2. The van der Waals surface area contributed by atoms with Crippen LogP contribution in [0.1, 0.15) is 61.8 Å². The summed E-state index contributed by atoms with van der Waals surface area (Å²) in [5.74, 6) is 0.214. The van der Waals surface area contributed by atoms with Crippen molar-refractivity contribution in [1.29, 1.82) is 0 Å². The Morgan fingerprint density at radius 1 is 0.935 bits per heavy atom. The van der Waals surface area contributed by atoms with E-state index in [4.69, 9.17) is 0 Å². The van der Waals surface area contributed by atoms with E-state index >= 15 is 0 Å². The number of nitrogens with one attached hydrogen (secondary N) is 1. The summed E-state index contributed by atoms with van der Waals surface area (Å²) >= 11 is 0. The molecule has 167 valence electrons. The quantitative estimate of drug-likeness (QED) is 0.463. The maximum atomic E-state index is 13.1. The first-order valence-electron chi connectivity index (χ1n) is 11.6. The normalized spacial score (nSPS) is 15.3. The summed E-state index contributed by atoms with van der Waals surface area (Å²) in [4.78, 5) is 13.1. The fourth-order valence-corrected chi connectivity index (χ4v) is 4.86. The van der Waals surface area contributed by atoms with E-state index < -0.39 is 0 Å². The van der Waals surface area contributed by atoms with E-state index in [0.29, 0.717) is 0 Å². The van der Waals surface area contributed by atoms with Gasteiger partial charge in [0.2, 0.25) is 0 Å². The van der Waals surface area contributed by atoms with Gasteiger partial charge in [-0.05, 0) is 52.2 Å². The molecule has 1 N–H and O–H groups in total. The van der Waals surface area contributed by atoms with Crippen LogP contribution in [-0.4, -0.2) is 36.1 Å².